The Morgan fingerprint density at radius 1 is 0.844 bits per heavy atom. The first-order valence-electron chi connectivity index (χ1n) is 11.3. The van der Waals surface area contributed by atoms with Gasteiger partial charge in [0.2, 0.25) is 5.91 Å². The SMILES string of the molecule is CCOc1ccccc1C=CC(=O)N1CCN(C(c2ccccc2)c2ccccc2)CC1. The van der Waals surface area contributed by atoms with E-state index in [1.54, 1.807) is 6.08 Å². The van der Waals surface area contributed by atoms with E-state index < -0.39 is 0 Å². The molecule has 4 heteroatoms. The van der Waals surface area contributed by atoms with E-state index in [9.17, 15) is 4.79 Å². The van der Waals surface area contributed by atoms with E-state index in [1.165, 1.54) is 11.1 Å². The largest absolute Gasteiger partial charge is 0.493 e. The van der Waals surface area contributed by atoms with Crippen molar-refractivity contribution in [2.24, 2.45) is 0 Å². The predicted molar refractivity (Wildman–Crippen MR) is 130 cm³/mol. The molecule has 3 aromatic rings. The summed E-state index contributed by atoms with van der Waals surface area (Å²) in [5, 5.41) is 0. The Bertz CT molecular complexity index is 986. The zero-order valence-electron chi connectivity index (χ0n) is 18.6. The zero-order chi connectivity index (χ0) is 22.2. The summed E-state index contributed by atoms with van der Waals surface area (Å²) in [5.41, 5.74) is 3.49. The lowest BCUT2D eigenvalue weighted by molar-refractivity contribution is -0.127. The first-order valence-corrected chi connectivity index (χ1v) is 11.3. The molecule has 4 nitrogen and oxygen atoms in total. The van der Waals surface area contributed by atoms with Gasteiger partial charge in [-0.25, -0.2) is 0 Å². The van der Waals surface area contributed by atoms with E-state index in [4.69, 9.17) is 4.74 Å². The lowest BCUT2D eigenvalue weighted by Crippen LogP contribution is -2.49. The van der Waals surface area contributed by atoms with Gasteiger partial charge in [-0.3, -0.25) is 9.69 Å². The molecule has 3 aromatic carbocycles. The van der Waals surface area contributed by atoms with Gasteiger partial charge in [-0.05, 0) is 30.2 Å². The highest BCUT2D eigenvalue weighted by Gasteiger charge is 2.27. The lowest BCUT2D eigenvalue weighted by Gasteiger charge is -2.39. The van der Waals surface area contributed by atoms with Crippen molar-refractivity contribution in [2.45, 2.75) is 13.0 Å². The third-order valence-electron chi connectivity index (χ3n) is 5.85. The second-order valence-corrected chi connectivity index (χ2v) is 7.89. The maximum absolute atomic E-state index is 12.8. The summed E-state index contributed by atoms with van der Waals surface area (Å²) in [5.74, 6) is 0.851. The highest BCUT2D eigenvalue weighted by molar-refractivity contribution is 5.92. The fraction of sp³-hybridized carbons (Fsp3) is 0.250. The van der Waals surface area contributed by atoms with E-state index in [0.717, 1.165) is 24.4 Å². The van der Waals surface area contributed by atoms with Crippen molar-refractivity contribution in [2.75, 3.05) is 32.8 Å². The van der Waals surface area contributed by atoms with Crippen LogP contribution in [0.5, 0.6) is 5.75 Å². The van der Waals surface area contributed by atoms with Crippen molar-refractivity contribution in [3.63, 3.8) is 0 Å². The molecule has 1 heterocycles. The number of carbonyl (C=O) groups is 1. The van der Waals surface area contributed by atoms with Crippen molar-refractivity contribution in [1.29, 1.82) is 0 Å². The van der Waals surface area contributed by atoms with Crippen molar-refractivity contribution in [1.82, 2.24) is 9.80 Å². The van der Waals surface area contributed by atoms with E-state index in [1.807, 2.05) is 42.2 Å². The van der Waals surface area contributed by atoms with Gasteiger partial charge in [0.15, 0.2) is 0 Å². The molecular formula is C28H30N2O2. The molecule has 32 heavy (non-hydrogen) atoms. The molecule has 1 fully saturated rings. The minimum absolute atomic E-state index is 0.0481. The van der Waals surface area contributed by atoms with E-state index >= 15 is 0 Å². The number of nitrogens with zero attached hydrogens (tertiary/aromatic N) is 2. The number of hydrogen-bond donors (Lipinski definition) is 0. The second kappa shape index (κ2) is 10.8. The van der Waals surface area contributed by atoms with Gasteiger partial charge in [-0.1, -0.05) is 78.9 Å². The molecule has 0 unspecified atom stereocenters. The average Bonchev–Trinajstić information content (AvgIpc) is 2.85. The molecule has 0 saturated carbocycles. The molecule has 1 aliphatic rings. The molecule has 0 bridgehead atoms. The fourth-order valence-corrected chi connectivity index (χ4v) is 4.26. The number of piperazine rings is 1. The molecule has 0 atom stereocenters. The van der Waals surface area contributed by atoms with E-state index in [2.05, 4.69) is 65.6 Å². The summed E-state index contributed by atoms with van der Waals surface area (Å²) in [7, 11) is 0. The second-order valence-electron chi connectivity index (χ2n) is 7.89. The van der Waals surface area contributed by atoms with Gasteiger partial charge < -0.3 is 9.64 Å². The van der Waals surface area contributed by atoms with E-state index in [-0.39, 0.29) is 11.9 Å². The molecule has 0 aromatic heterocycles. The summed E-state index contributed by atoms with van der Waals surface area (Å²) in [4.78, 5) is 17.2. The Morgan fingerprint density at radius 2 is 1.41 bits per heavy atom. The predicted octanol–water partition coefficient (Wildman–Crippen LogP) is 5.03. The lowest BCUT2D eigenvalue weighted by atomic mass is 9.96. The fourth-order valence-electron chi connectivity index (χ4n) is 4.26. The molecule has 0 N–H and O–H groups in total. The first-order chi connectivity index (χ1) is 15.8. The maximum Gasteiger partial charge on any atom is 0.246 e. The molecule has 164 valence electrons. The molecule has 0 spiro atoms. The number of para-hydroxylation sites is 1. The van der Waals surface area contributed by atoms with Gasteiger partial charge in [0, 0.05) is 37.8 Å². The van der Waals surface area contributed by atoms with Gasteiger partial charge in [0.05, 0.1) is 12.6 Å². The minimum Gasteiger partial charge on any atom is -0.493 e. The van der Waals surface area contributed by atoms with Gasteiger partial charge in [0.1, 0.15) is 5.75 Å². The number of ether oxygens (including phenoxy) is 1. The topological polar surface area (TPSA) is 32.8 Å². The van der Waals surface area contributed by atoms with Gasteiger partial charge >= 0.3 is 0 Å². The Balaban J connectivity index is 1.43. The standard InChI is InChI=1S/C28H30N2O2/c1-2-32-26-16-10-9-11-23(26)17-18-27(31)29-19-21-30(22-20-29)28(24-12-5-3-6-13-24)25-14-7-4-8-15-25/h3-18,28H,2,19-22H2,1H3. The Morgan fingerprint density at radius 3 is 2.00 bits per heavy atom. The van der Waals surface area contributed by atoms with Crippen LogP contribution in [0.25, 0.3) is 6.08 Å². The van der Waals surface area contributed by atoms with Gasteiger partial charge in [-0.2, -0.15) is 0 Å². The van der Waals surface area contributed by atoms with Crippen molar-refractivity contribution < 1.29 is 9.53 Å². The van der Waals surface area contributed by atoms with Crippen molar-refractivity contribution in [3.8, 4) is 5.75 Å². The first kappa shape index (κ1) is 21.8. The van der Waals surface area contributed by atoms with Gasteiger partial charge in [0.25, 0.3) is 0 Å². The smallest absolute Gasteiger partial charge is 0.246 e. The van der Waals surface area contributed by atoms with Crippen LogP contribution in [0.3, 0.4) is 0 Å². The molecule has 1 saturated heterocycles. The number of benzene rings is 3. The van der Waals surface area contributed by atoms with Crippen LogP contribution in [0.2, 0.25) is 0 Å². The quantitative estimate of drug-likeness (QED) is 0.497. The number of amides is 1. The molecular weight excluding hydrogens is 396 g/mol. The van der Waals surface area contributed by atoms with Crippen molar-refractivity contribution in [3.05, 3.63) is 108 Å². The summed E-state index contributed by atoms with van der Waals surface area (Å²) < 4.78 is 5.66. The average molecular weight is 427 g/mol. The number of hydrogen-bond acceptors (Lipinski definition) is 3. The number of carbonyl (C=O) groups excluding carboxylic acids is 1. The molecule has 0 radical (unpaired) electrons. The van der Waals surface area contributed by atoms with Crippen LogP contribution in [0.4, 0.5) is 0 Å². The summed E-state index contributed by atoms with van der Waals surface area (Å²) in [6, 6.07) is 29.2. The Labute approximate surface area is 190 Å². The van der Waals surface area contributed by atoms with Crippen LogP contribution in [0.1, 0.15) is 29.7 Å². The van der Waals surface area contributed by atoms with Crippen LogP contribution in [0, 0.1) is 0 Å². The highest BCUT2D eigenvalue weighted by atomic mass is 16.5. The third-order valence-corrected chi connectivity index (χ3v) is 5.85. The van der Waals surface area contributed by atoms with Crippen LogP contribution in [-0.2, 0) is 4.79 Å². The maximum atomic E-state index is 12.8. The molecule has 0 aliphatic carbocycles. The minimum atomic E-state index is 0.0481. The Kier molecular flexibility index (Phi) is 7.36. The zero-order valence-corrected chi connectivity index (χ0v) is 18.6. The molecule has 1 amide bonds. The van der Waals surface area contributed by atoms with Crippen LogP contribution < -0.4 is 4.74 Å². The monoisotopic (exact) mass is 426 g/mol. The van der Waals surface area contributed by atoms with E-state index in [0.29, 0.717) is 19.7 Å². The highest BCUT2D eigenvalue weighted by Crippen LogP contribution is 2.29. The summed E-state index contributed by atoms with van der Waals surface area (Å²) in [6.07, 6.45) is 3.52. The van der Waals surface area contributed by atoms with Crippen LogP contribution in [0.15, 0.2) is 91.0 Å². The van der Waals surface area contributed by atoms with Gasteiger partial charge in [-0.15, -0.1) is 0 Å². The number of rotatable bonds is 7. The molecule has 4 rings (SSSR count). The van der Waals surface area contributed by atoms with Crippen molar-refractivity contribution >= 4 is 12.0 Å². The Hall–Kier alpha value is -3.37. The van der Waals surface area contributed by atoms with Crippen LogP contribution >= 0.6 is 0 Å². The van der Waals surface area contributed by atoms with Crippen LogP contribution in [-0.4, -0.2) is 48.5 Å². The third kappa shape index (κ3) is 5.27. The molecule has 1 aliphatic heterocycles. The summed E-state index contributed by atoms with van der Waals surface area (Å²) >= 11 is 0. The normalized spacial score (nSPS) is 14.8. The summed E-state index contributed by atoms with van der Waals surface area (Å²) in [6.45, 7) is 5.67.